The van der Waals surface area contributed by atoms with Crippen LogP contribution < -0.4 is 5.32 Å². The molecule has 1 atom stereocenters. The van der Waals surface area contributed by atoms with Gasteiger partial charge < -0.3 is 10.3 Å². The number of aromatic nitrogens is 1. The highest BCUT2D eigenvalue weighted by Gasteiger charge is 2.21. The Kier molecular flexibility index (Phi) is 2.48. The molecule has 0 bridgehead atoms. The van der Waals surface area contributed by atoms with Gasteiger partial charge in [0.25, 0.3) is 0 Å². The fourth-order valence-corrected chi connectivity index (χ4v) is 3.22. The normalized spacial score (nSPS) is 20.3. The van der Waals surface area contributed by atoms with E-state index in [-0.39, 0.29) is 0 Å². The lowest BCUT2D eigenvalue weighted by Gasteiger charge is -2.09. The zero-order valence-electron chi connectivity index (χ0n) is 10.9. The lowest BCUT2D eigenvalue weighted by molar-refractivity contribution is 0.629. The van der Waals surface area contributed by atoms with Crippen molar-refractivity contribution in [2.75, 3.05) is 6.54 Å². The molecule has 2 heterocycles. The molecule has 1 aromatic carbocycles. The third-order valence-corrected chi connectivity index (χ3v) is 3.94. The molecular weight excluding hydrogens is 208 g/mol. The SMILES string of the molecule is Cc1cc(C)c2c(C)c(C3CCCN3)[nH]c2c1. The number of nitrogens with one attached hydrogen (secondary N) is 2. The molecule has 1 saturated heterocycles. The largest absolute Gasteiger partial charge is 0.357 e. The Balaban J connectivity index is 2.20. The van der Waals surface area contributed by atoms with E-state index in [0.29, 0.717) is 6.04 Å². The molecule has 0 saturated carbocycles. The molecule has 1 aromatic heterocycles. The fourth-order valence-electron chi connectivity index (χ4n) is 3.22. The monoisotopic (exact) mass is 228 g/mol. The molecule has 2 nitrogen and oxygen atoms in total. The summed E-state index contributed by atoms with van der Waals surface area (Å²) in [6, 6.07) is 5.06. The van der Waals surface area contributed by atoms with Crippen LogP contribution in [0.4, 0.5) is 0 Å². The van der Waals surface area contributed by atoms with Gasteiger partial charge in [-0.3, -0.25) is 0 Å². The number of rotatable bonds is 1. The number of hydrogen-bond acceptors (Lipinski definition) is 1. The van der Waals surface area contributed by atoms with Gasteiger partial charge in [-0.2, -0.15) is 0 Å². The number of hydrogen-bond donors (Lipinski definition) is 2. The molecule has 0 amide bonds. The average molecular weight is 228 g/mol. The highest BCUT2D eigenvalue weighted by Crippen LogP contribution is 2.32. The number of H-pyrrole nitrogens is 1. The molecule has 1 unspecified atom stereocenters. The number of aryl methyl sites for hydroxylation is 3. The van der Waals surface area contributed by atoms with Gasteiger partial charge in [0.1, 0.15) is 0 Å². The smallest absolute Gasteiger partial charge is 0.0476 e. The van der Waals surface area contributed by atoms with Gasteiger partial charge in [-0.1, -0.05) is 6.07 Å². The summed E-state index contributed by atoms with van der Waals surface area (Å²) in [4.78, 5) is 3.62. The van der Waals surface area contributed by atoms with E-state index in [2.05, 4.69) is 43.2 Å². The molecule has 2 aromatic rings. The molecule has 0 aliphatic carbocycles. The van der Waals surface area contributed by atoms with Crippen molar-refractivity contribution in [2.45, 2.75) is 39.7 Å². The van der Waals surface area contributed by atoms with Crippen LogP contribution in [-0.4, -0.2) is 11.5 Å². The summed E-state index contributed by atoms with van der Waals surface area (Å²) in [5, 5.41) is 4.99. The Labute approximate surface area is 102 Å². The first kappa shape index (κ1) is 10.8. The van der Waals surface area contributed by atoms with E-state index < -0.39 is 0 Å². The van der Waals surface area contributed by atoms with Gasteiger partial charge in [-0.15, -0.1) is 0 Å². The van der Waals surface area contributed by atoms with E-state index in [9.17, 15) is 0 Å². The second-order valence-corrected chi connectivity index (χ2v) is 5.32. The van der Waals surface area contributed by atoms with Crippen LogP contribution in [0.5, 0.6) is 0 Å². The van der Waals surface area contributed by atoms with Gasteiger partial charge in [0.15, 0.2) is 0 Å². The number of aromatic amines is 1. The molecule has 2 N–H and O–H groups in total. The van der Waals surface area contributed by atoms with E-state index >= 15 is 0 Å². The van der Waals surface area contributed by atoms with Crippen molar-refractivity contribution in [2.24, 2.45) is 0 Å². The molecule has 0 radical (unpaired) electrons. The minimum absolute atomic E-state index is 0.530. The Hall–Kier alpha value is -1.28. The minimum Gasteiger partial charge on any atom is -0.357 e. The Morgan fingerprint density at radius 3 is 2.71 bits per heavy atom. The van der Waals surface area contributed by atoms with Gasteiger partial charge in [-0.05, 0) is 62.9 Å². The summed E-state index contributed by atoms with van der Waals surface area (Å²) < 4.78 is 0. The zero-order chi connectivity index (χ0) is 12.0. The standard InChI is InChI=1S/C15H20N2/c1-9-7-10(2)14-11(3)15(17-13(14)8-9)12-5-4-6-16-12/h7-8,12,16-17H,4-6H2,1-3H3. The van der Waals surface area contributed by atoms with Crippen molar-refractivity contribution in [1.82, 2.24) is 10.3 Å². The number of fused-ring (bicyclic) bond motifs is 1. The summed E-state index contributed by atoms with van der Waals surface area (Å²) in [6.07, 6.45) is 2.54. The molecule has 1 aliphatic rings. The van der Waals surface area contributed by atoms with Crippen LogP contribution in [0.25, 0.3) is 10.9 Å². The Bertz CT molecular complexity index is 560. The quantitative estimate of drug-likeness (QED) is 0.768. The minimum atomic E-state index is 0.530. The predicted molar refractivity (Wildman–Crippen MR) is 72.5 cm³/mol. The molecule has 17 heavy (non-hydrogen) atoms. The maximum absolute atomic E-state index is 3.62. The fraction of sp³-hybridized carbons (Fsp3) is 0.467. The molecular formula is C15H20N2. The van der Waals surface area contributed by atoms with Gasteiger partial charge in [0, 0.05) is 22.6 Å². The average Bonchev–Trinajstić information content (AvgIpc) is 2.85. The lowest BCUT2D eigenvalue weighted by Crippen LogP contribution is -2.13. The Morgan fingerprint density at radius 2 is 2.00 bits per heavy atom. The summed E-state index contributed by atoms with van der Waals surface area (Å²) >= 11 is 0. The van der Waals surface area contributed by atoms with Crippen LogP contribution in [-0.2, 0) is 0 Å². The topological polar surface area (TPSA) is 27.8 Å². The van der Waals surface area contributed by atoms with E-state index in [1.807, 2.05) is 0 Å². The molecule has 3 rings (SSSR count). The van der Waals surface area contributed by atoms with Gasteiger partial charge in [0.2, 0.25) is 0 Å². The second kappa shape index (κ2) is 3.88. The molecule has 90 valence electrons. The summed E-state index contributed by atoms with van der Waals surface area (Å²) in [5.41, 5.74) is 6.84. The number of benzene rings is 1. The highest BCUT2D eigenvalue weighted by atomic mass is 15.0. The first-order valence-electron chi connectivity index (χ1n) is 6.49. The first-order chi connectivity index (χ1) is 8.16. The van der Waals surface area contributed by atoms with Gasteiger partial charge in [0.05, 0.1) is 0 Å². The third kappa shape index (κ3) is 1.67. The van der Waals surface area contributed by atoms with Crippen LogP contribution >= 0.6 is 0 Å². The Morgan fingerprint density at radius 1 is 1.18 bits per heavy atom. The van der Waals surface area contributed by atoms with Crippen LogP contribution in [0.3, 0.4) is 0 Å². The summed E-state index contributed by atoms with van der Waals surface area (Å²) in [7, 11) is 0. The van der Waals surface area contributed by atoms with Gasteiger partial charge >= 0.3 is 0 Å². The zero-order valence-corrected chi connectivity index (χ0v) is 10.9. The van der Waals surface area contributed by atoms with E-state index in [1.54, 1.807) is 0 Å². The molecule has 2 heteroatoms. The van der Waals surface area contributed by atoms with Crippen molar-refractivity contribution < 1.29 is 0 Å². The highest BCUT2D eigenvalue weighted by molar-refractivity contribution is 5.88. The summed E-state index contributed by atoms with van der Waals surface area (Å²) in [5.74, 6) is 0. The van der Waals surface area contributed by atoms with Crippen LogP contribution in [0.2, 0.25) is 0 Å². The van der Waals surface area contributed by atoms with Crippen LogP contribution in [0, 0.1) is 20.8 Å². The predicted octanol–water partition coefficient (Wildman–Crippen LogP) is 3.52. The second-order valence-electron chi connectivity index (χ2n) is 5.32. The van der Waals surface area contributed by atoms with Crippen molar-refractivity contribution >= 4 is 10.9 Å². The van der Waals surface area contributed by atoms with E-state index in [4.69, 9.17) is 0 Å². The molecule has 1 fully saturated rings. The first-order valence-corrected chi connectivity index (χ1v) is 6.49. The molecule has 0 spiro atoms. The van der Waals surface area contributed by atoms with Crippen LogP contribution in [0.15, 0.2) is 12.1 Å². The van der Waals surface area contributed by atoms with E-state index in [1.165, 1.54) is 46.1 Å². The maximum Gasteiger partial charge on any atom is 0.0476 e. The maximum atomic E-state index is 3.62. The van der Waals surface area contributed by atoms with Crippen LogP contribution in [0.1, 0.15) is 41.3 Å². The van der Waals surface area contributed by atoms with Gasteiger partial charge in [-0.25, -0.2) is 0 Å². The van der Waals surface area contributed by atoms with Crippen molar-refractivity contribution in [3.63, 3.8) is 0 Å². The van der Waals surface area contributed by atoms with Crippen molar-refractivity contribution in [3.05, 3.63) is 34.5 Å². The third-order valence-electron chi connectivity index (χ3n) is 3.94. The lowest BCUT2D eigenvalue weighted by atomic mass is 10.0. The molecule has 1 aliphatic heterocycles. The van der Waals surface area contributed by atoms with E-state index in [0.717, 1.165) is 6.54 Å². The summed E-state index contributed by atoms with van der Waals surface area (Å²) in [6.45, 7) is 7.77. The van der Waals surface area contributed by atoms with Crippen molar-refractivity contribution in [3.8, 4) is 0 Å². The van der Waals surface area contributed by atoms with Crippen molar-refractivity contribution in [1.29, 1.82) is 0 Å².